The van der Waals surface area contributed by atoms with E-state index < -0.39 is 11.7 Å². The molecule has 1 rings (SSSR count). The van der Waals surface area contributed by atoms with Crippen molar-refractivity contribution in [3.05, 3.63) is 29.6 Å². The molecule has 0 saturated heterocycles. The van der Waals surface area contributed by atoms with Crippen LogP contribution < -0.4 is 11.1 Å². The zero-order valence-electron chi connectivity index (χ0n) is 11.4. The van der Waals surface area contributed by atoms with Crippen LogP contribution in [-0.2, 0) is 12.7 Å². The first-order valence-corrected chi connectivity index (χ1v) is 6.16. The summed E-state index contributed by atoms with van der Waals surface area (Å²) in [5.41, 5.74) is 5.29. The highest BCUT2D eigenvalue weighted by atomic mass is 19.4. The van der Waals surface area contributed by atoms with Gasteiger partial charge in [-0.25, -0.2) is 0 Å². The van der Waals surface area contributed by atoms with Gasteiger partial charge in [0.05, 0.1) is 11.3 Å². The third-order valence-corrected chi connectivity index (χ3v) is 3.52. The molecule has 0 radical (unpaired) electrons. The molecule has 0 saturated carbocycles. The first-order valence-electron chi connectivity index (χ1n) is 6.16. The molecule has 0 spiro atoms. The molecule has 0 aromatic carbocycles. The number of rotatable bonds is 5. The Morgan fingerprint density at radius 2 is 1.95 bits per heavy atom. The van der Waals surface area contributed by atoms with Crippen LogP contribution in [0.2, 0.25) is 0 Å². The Labute approximate surface area is 111 Å². The van der Waals surface area contributed by atoms with Crippen molar-refractivity contribution >= 4 is 0 Å². The normalized spacial score (nSPS) is 15.6. The van der Waals surface area contributed by atoms with Crippen LogP contribution in [0.25, 0.3) is 0 Å². The zero-order valence-corrected chi connectivity index (χ0v) is 11.4. The van der Waals surface area contributed by atoms with Crippen molar-refractivity contribution in [1.82, 2.24) is 10.3 Å². The van der Waals surface area contributed by atoms with Gasteiger partial charge in [0.1, 0.15) is 0 Å². The molecule has 1 atom stereocenters. The highest BCUT2D eigenvalue weighted by Crippen LogP contribution is 2.28. The molecule has 108 valence electrons. The maximum atomic E-state index is 12.4. The topological polar surface area (TPSA) is 50.9 Å². The van der Waals surface area contributed by atoms with Gasteiger partial charge in [0, 0.05) is 24.8 Å². The van der Waals surface area contributed by atoms with E-state index in [1.165, 1.54) is 6.07 Å². The fraction of sp³-hybridized carbons (Fsp3) is 0.615. The fourth-order valence-electron chi connectivity index (χ4n) is 1.50. The average Bonchev–Trinajstić information content (AvgIpc) is 2.35. The smallest absolute Gasteiger partial charge is 0.329 e. The second-order valence-electron chi connectivity index (χ2n) is 5.17. The predicted molar refractivity (Wildman–Crippen MR) is 68.4 cm³/mol. The summed E-state index contributed by atoms with van der Waals surface area (Å²) in [5.74, 6) is 0.312. The molecule has 3 N–H and O–H groups in total. The molecule has 0 fully saturated rings. The Kier molecular flexibility index (Phi) is 4.92. The number of nitrogens with one attached hydrogen (secondary N) is 1. The number of aromatic nitrogens is 1. The van der Waals surface area contributed by atoms with Crippen LogP contribution in [0, 0.1) is 5.92 Å². The van der Waals surface area contributed by atoms with Gasteiger partial charge in [-0.3, -0.25) is 4.98 Å². The van der Waals surface area contributed by atoms with E-state index in [0.717, 1.165) is 12.3 Å². The minimum Gasteiger partial charge on any atom is -0.329 e. The molecule has 0 amide bonds. The lowest BCUT2D eigenvalue weighted by Gasteiger charge is -2.33. The van der Waals surface area contributed by atoms with E-state index in [4.69, 9.17) is 5.73 Å². The van der Waals surface area contributed by atoms with Crippen molar-refractivity contribution in [1.29, 1.82) is 0 Å². The SMILES string of the molecule is CC(C)C(C)(CN)NCc1ccc(C(F)(F)F)cn1. The Morgan fingerprint density at radius 1 is 1.32 bits per heavy atom. The van der Waals surface area contributed by atoms with E-state index in [1.54, 1.807) is 0 Å². The molecule has 0 bridgehead atoms. The third kappa shape index (κ3) is 4.18. The van der Waals surface area contributed by atoms with Crippen LogP contribution in [0.5, 0.6) is 0 Å². The van der Waals surface area contributed by atoms with Crippen LogP contribution >= 0.6 is 0 Å². The summed E-state index contributed by atoms with van der Waals surface area (Å²) >= 11 is 0. The predicted octanol–water partition coefficient (Wildman–Crippen LogP) is 2.56. The Bertz CT molecular complexity index is 401. The minimum absolute atomic E-state index is 0.260. The number of nitrogens with two attached hydrogens (primary N) is 1. The van der Waals surface area contributed by atoms with E-state index in [2.05, 4.69) is 10.3 Å². The van der Waals surface area contributed by atoms with Crippen LogP contribution in [0.15, 0.2) is 18.3 Å². The molecule has 0 aliphatic rings. The van der Waals surface area contributed by atoms with E-state index in [-0.39, 0.29) is 5.54 Å². The summed E-state index contributed by atoms with van der Waals surface area (Å²) in [6, 6.07) is 2.42. The average molecular weight is 275 g/mol. The summed E-state index contributed by atoms with van der Waals surface area (Å²) in [6.07, 6.45) is -3.49. The van der Waals surface area contributed by atoms with Gasteiger partial charge >= 0.3 is 6.18 Å². The number of nitrogens with zero attached hydrogens (tertiary/aromatic N) is 1. The number of alkyl halides is 3. The van der Waals surface area contributed by atoms with Crippen LogP contribution in [0.1, 0.15) is 32.0 Å². The highest BCUT2D eigenvalue weighted by Gasteiger charge is 2.31. The number of hydrogen-bond acceptors (Lipinski definition) is 3. The van der Waals surface area contributed by atoms with Crippen LogP contribution in [-0.4, -0.2) is 17.1 Å². The summed E-state index contributed by atoms with van der Waals surface area (Å²) in [7, 11) is 0. The lowest BCUT2D eigenvalue weighted by molar-refractivity contribution is -0.137. The van der Waals surface area contributed by atoms with E-state index in [9.17, 15) is 13.2 Å². The van der Waals surface area contributed by atoms with Gasteiger partial charge in [0.15, 0.2) is 0 Å². The molecule has 0 aliphatic heterocycles. The highest BCUT2D eigenvalue weighted by molar-refractivity contribution is 5.17. The molecule has 0 aliphatic carbocycles. The van der Waals surface area contributed by atoms with Gasteiger partial charge in [0.25, 0.3) is 0 Å². The third-order valence-electron chi connectivity index (χ3n) is 3.52. The van der Waals surface area contributed by atoms with Crippen molar-refractivity contribution in [2.24, 2.45) is 11.7 Å². The van der Waals surface area contributed by atoms with Crippen LogP contribution in [0.4, 0.5) is 13.2 Å². The molecule has 1 heterocycles. The molecular formula is C13H20F3N3. The minimum atomic E-state index is -4.34. The summed E-state index contributed by atoms with van der Waals surface area (Å²) < 4.78 is 37.1. The van der Waals surface area contributed by atoms with Crippen molar-refractivity contribution in [2.45, 2.75) is 39.0 Å². The second-order valence-corrected chi connectivity index (χ2v) is 5.17. The molecular weight excluding hydrogens is 255 g/mol. The first-order chi connectivity index (χ1) is 8.69. The van der Waals surface area contributed by atoms with Crippen molar-refractivity contribution in [3.8, 4) is 0 Å². The molecule has 1 unspecified atom stereocenters. The number of pyridine rings is 1. The lowest BCUT2D eigenvalue weighted by Crippen LogP contribution is -2.52. The van der Waals surface area contributed by atoms with E-state index in [1.807, 2.05) is 20.8 Å². The lowest BCUT2D eigenvalue weighted by atomic mass is 9.88. The quantitative estimate of drug-likeness (QED) is 0.868. The van der Waals surface area contributed by atoms with Crippen molar-refractivity contribution in [2.75, 3.05) is 6.54 Å². The van der Waals surface area contributed by atoms with Gasteiger partial charge in [-0.2, -0.15) is 13.2 Å². The number of hydrogen-bond donors (Lipinski definition) is 2. The van der Waals surface area contributed by atoms with Gasteiger partial charge in [0.2, 0.25) is 0 Å². The Hall–Kier alpha value is -1.14. The fourth-order valence-corrected chi connectivity index (χ4v) is 1.50. The summed E-state index contributed by atoms with van der Waals surface area (Å²) in [4.78, 5) is 3.82. The largest absolute Gasteiger partial charge is 0.417 e. The molecule has 6 heteroatoms. The second kappa shape index (κ2) is 5.88. The van der Waals surface area contributed by atoms with Gasteiger partial charge < -0.3 is 11.1 Å². The summed E-state index contributed by atoms with van der Waals surface area (Å²) in [5, 5.41) is 3.25. The maximum Gasteiger partial charge on any atom is 0.417 e. The summed E-state index contributed by atoms with van der Waals surface area (Å²) in [6.45, 7) is 6.91. The van der Waals surface area contributed by atoms with E-state index >= 15 is 0 Å². The first kappa shape index (κ1) is 15.9. The zero-order chi connectivity index (χ0) is 14.7. The standard InChI is InChI=1S/C13H20F3N3/c1-9(2)12(3,8-17)19-7-11-5-4-10(6-18-11)13(14,15)16/h4-6,9,19H,7-8,17H2,1-3H3. The Balaban J connectivity index is 2.69. The molecule has 1 aromatic rings. The molecule has 1 aromatic heterocycles. The molecule has 3 nitrogen and oxygen atoms in total. The van der Waals surface area contributed by atoms with Gasteiger partial charge in [-0.1, -0.05) is 13.8 Å². The van der Waals surface area contributed by atoms with Crippen molar-refractivity contribution in [3.63, 3.8) is 0 Å². The Morgan fingerprint density at radius 3 is 2.32 bits per heavy atom. The van der Waals surface area contributed by atoms with Crippen LogP contribution in [0.3, 0.4) is 0 Å². The van der Waals surface area contributed by atoms with Crippen molar-refractivity contribution < 1.29 is 13.2 Å². The number of halogens is 3. The monoisotopic (exact) mass is 275 g/mol. The maximum absolute atomic E-state index is 12.4. The van der Waals surface area contributed by atoms with Gasteiger partial charge in [-0.15, -0.1) is 0 Å². The molecule has 19 heavy (non-hydrogen) atoms. The van der Waals surface area contributed by atoms with E-state index in [0.29, 0.717) is 24.7 Å². The van der Waals surface area contributed by atoms with Gasteiger partial charge in [-0.05, 0) is 25.0 Å².